The highest BCUT2D eigenvalue weighted by atomic mass is 16.6. The summed E-state index contributed by atoms with van der Waals surface area (Å²) in [4.78, 5) is 48.1. The van der Waals surface area contributed by atoms with E-state index in [-0.39, 0.29) is 35.8 Å². The molecule has 13 nitrogen and oxygen atoms in total. The van der Waals surface area contributed by atoms with Crippen molar-refractivity contribution < 1.29 is 57.1 Å². The highest BCUT2D eigenvalue weighted by Gasteiger charge is 2.17. The minimum atomic E-state index is -0.887. The number of esters is 4. The Hall–Kier alpha value is -6.55. The molecule has 0 aliphatic rings. The molecule has 0 heterocycles. The number of aryl methyl sites for hydroxylation is 1. The van der Waals surface area contributed by atoms with Crippen LogP contribution in [0.4, 0.5) is 0 Å². The maximum atomic E-state index is 13.0. The van der Waals surface area contributed by atoms with Gasteiger partial charge in [-0.3, -0.25) is 0 Å². The van der Waals surface area contributed by atoms with Gasteiger partial charge in [-0.2, -0.15) is 5.26 Å². The first kappa shape index (κ1) is 40.9. The number of nitriles is 1. The van der Waals surface area contributed by atoms with Crippen LogP contribution in [0.3, 0.4) is 0 Å². The van der Waals surface area contributed by atoms with E-state index in [2.05, 4.69) is 13.2 Å². The van der Waals surface area contributed by atoms with Crippen LogP contribution in [-0.4, -0.2) is 64.5 Å². The first-order valence-electron chi connectivity index (χ1n) is 16.5. The number of ether oxygens (including phenoxy) is 8. The second-order valence-corrected chi connectivity index (χ2v) is 11.0. The topological polar surface area (TPSA) is 166 Å². The van der Waals surface area contributed by atoms with Crippen molar-refractivity contribution in [3.63, 3.8) is 0 Å². The molecular weight excluding hydrogens is 686 g/mol. The second kappa shape index (κ2) is 21.6. The van der Waals surface area contributed by atoms with E-state index < -0.39 is 23.9 Å². The molecule has 3 rings (SSSR count). The number of methoxy groups -OCH3 is 2. The summed E-state index contributed by atoms with van der Waals surface area (Å²) in [7, 11) is 2.92. The van der Waals surface area contributed by atoms with Gasteiger partial charge in [-0.25, -0.2) is 19.2 Å². The highest BCUT2D eigenvalue weighted by Crippen LogP contribution is 2.31. The molecule has 0 aliphatic carbocycles. The molecular formula is C40H41NO12. The van der Waals surface area contributed by atoms with Gasteiger partial charge >= 0.3 is 23.9 Å². The zero-order valence-electron chi connectivity index (χ0n) is 29.8. The molecule has 0 unspecified atom stereocenters. The van der Waals surface area contributed by atoms with Crippen molar-refractivity contribution in [2.45, 2.75) is 32.6 Å². The standard InChI is InChI=1S/C40H41NO12/c1-6-37(42)50-20-10-8-18-48-33-15-12-28(24-35(33)46-4)23-30(26-41)40(45)53-32-17-14-31(22-27(32)3)52-39(44)29-13-16-34(36(25-29)47-5)49-19-9-11-21-51-38(43)7-2/h6-7,12-17,22-25H,1-2,8-11,18-21H2,3-5H3/b30-23+. The van der Waals surface area contributed by atoms with Gasteiger partial charge in [-0.1, -0.05) is 19.2 Å². The number of carbonyl (C=O) groups excluding carboxylic acids is 4. The molecule has 3 aromatic rings. The third-order valence-electron chi connectivity index (χ3n) is 7.21. The Balaban J connectivity index is 1.57. The van der Waals surface area contributed by atoms with Crippen molar-refractivity contribution in [3.05, 3.63) is 102 Å². The van der Waals surface area contributed by atoms with Crippen LogP contribution in [0.25, 0.3) is 6.08 Å². The molecule has 0 saturated heterocycles. The molecule has 0 spiro atoms. The molecule has 0 N–H and O–H groups in total. The van der Waals surface area contributed by atoms with Gasteiger partial charge in [0, 0.05) is 12.2 Å². The van der Waals surface area contributed by atoms with E-state index in [9.17, 15) is 24.4 Å². The third-order valence-corrected chi connectivity index (χ3v) is 7.21. The number of hydrogen-bond acceptors (Lipinski definition) is 13. The van der Waals surface area contributed by atoms with Gasteiger partial charge in [-0.15, -0.1) is 0 Å². The van der Waals surface area contributed by atoms with Gasteiger partial charge in [0.2, 0.25) is 0 Å². The van der Waals surface area contributed by atoms with E-state index in [4.69, 9.17) is 37.9 Å². The Morgan fingerprint density at radius 1 is 0.679 bits per heavy atom. The summed E-state index contributed by atoms with van der Waals surface area (Å²) in [6, 6.07) is 15.9. The highest BCUT2D eigenvalue weighted by molar-refractivity contribution is 5.99. The van der Waals surface area contributed by atoms with Crippen LogP contribution in [0.15, 0.2) is 85.5 Å². The fourth-order valence-corrected chi connectivity index (χ4v) is 4.47. The molecule has 0 bridgehead atoms. The first-order chi connectivity index (χ1) is 25.6. The van der Waals surface area contributed by atoms with Gasteiger partial charge in [0.25, 0.3) is 0 Å². The van der Waals surface area contributed by atoms with Crippen molar-refractivity contribution in [1.29, 1.82) is 5.26 Å². The number of benzene rings is 3. The summed E-state index contributed by atoms with van der Waals surface area (Å²) in [6.07, 6.45) is 6.03. The Morgan fingerprint density at radius 3 is 1.77 bits per heavy atom. The van der Waals surface area contributed by atoms with Gasteiger partial charge < -0.3 is 37.9 Å². The Kier molecular flexibility index (Phi) is 16.7. The largest absolute Gasteiger partial charge is 0.493 e. The lowest BCUT2D eigenvalue weighted by Gasteiger charge is -2.13. The Morgan fingerprint density at radius 2 is 1.23 bits per heavy atom. The zero-order chi connectivity index (χ0) is 38.6. The molecule has 0 fully saturated rings. The first-order valence-corrected chi connectivity index (χ1v) is 16.5. The molecule has 3 aromatic carbocycles. The smallest absolute Gasteiger partial charge is 0.354 e. The SMILES string of the molecule is C=CC(=O)OCCCCOc1ccc(/C=C(\C#N)C(=O)Oc2ccc(OC(=O)c3ccc(OCCCCOC(=O)C=C)c(OC)c3)cc2C)cc1OC. The number of hydrogen-bond donors (Lipinski definition) is 0. The van der Waals surface area contributed by atoms with Crippen LogP contribution >= 0.6 is 0 Å². The molecule has 0 amide bonds. The fraction of sp³-hybridized carbons (Fsp3) is 0.275. The third kappa shape index (κ3) is 13.3. The van der Waals surface area contributed by atoms with E-state index in [1.165, 1.54) is 50.6 Å². The molecule has 53 heavy (non-hydrogen) atoms. The quantitative estimate of drug-likeness (QED) is 0.0383. The number of unbranched alkanes of at least 4 members (excludes halogenated alkanes) is 2. The van der Waals surface area contributed by atoms with E-state index in [1.54, 1.807) is 31.2 Å². The fourth-order valence-electron chi connectivity index (χ4n) is 4.47. The van der Waals surface area contributed by atoms with Crippen molar-refractivity contribution >= 4 is 30.0 Å². The van der Waals surface area contributed by atoms with Crippen molar-refractivity contribution in [3.8, 4) is 40.6 Å². The number of nitrogens with zero attached hydrogens (tertiary/aromatic N) is 1. The van der Waals surface area contributed by atoms with Gasteiger partial charge in [0.1, 0.15) is 23.1 Å². The lowest BCUT2D eigenvalue weighted by Crippen LogP contribution is -2.12. The van der Waals surface area contributed by atoms with E-state index in [0.717, 1.165) is 12.2 Å². The number of rotatable bonds is 21. The molecule has 0 aliphatic heterocycles. The molecule has 278 valence electrons. The van der Waals surface area contributed by atoms with E-state index >= 15 is 0 Å². The summed E-state index contributed by atoms with van der Waals surface area (Å²) in [6.45, 7) is 9.55. The lowest BCUT2D eigenvalue weighted by molar-refractivity contribution is -0.138. The van der Waals surface area contributed by atoms with Crippen LogP contribution in [0.2, 0.25) is 0 Å². The van der Waals surface area contributed by atoms with Crippen molar-refractivity contribution in [2.75, 3.05) is 40.6 Å². The van der Waals surface area contributed by atoms with Crippen LogP contribution in [-0.2, 0) is 23.9 Å². The van der Waals surface area contributed by atoms with Crippen molar-refractivity contribution in [2.24, 2.45) is 0 Å². The molecule has 0 saturated carbocycles. The van der Waals surface area contributed by atoms with E-state index in [0.29, 0.717) is 73.0 Å². The maximum Gasteiger partial charge on any atom is 0.354 e. The molecule has 0 radical (unpaired) electrons. The molecule has 0 atom stereocenters. The summed E-state index contributed by atoms with van der Waals surface area (Å²) in [5.74, 6) is -0.521. The number of carbonyl (C=O) groups is 4. The Labute approximate surface area is 307 Å². The minimum Gasteiger partial charge on any atom is -0.493 e. The predicted octanol–water partition coefficient (Wildman–Crippen LogP) is 6.52. The van der Waals surface area contributed by atoms with Gasteiger partial charge in [0.15, 0.2) is 23.0 Å². The van der Waals surface area contributed by atoms with Gasteiger partial charge in [-0.05, 0) is 98.3 Å². The van der Waals surface area contributed by atoms with E-state index in [1.807, 2.05) is 6.07 Å². The van der Waals surface area contributed by atoms with Gasteiger partial charge in [0.05, 0.1) is 46.2 Å². The lowest BCUT2D eigenvalue weighted by atomic mass is 10.1. The second-order valence-electron chi connectivity index (χ2n) is 11.0. The minimum absolute atomic E-state index is 0.165. The van der Waals surface area contributed by atoms with Crippen LogP contribution in [0.1, 0.15) is 47.2 Å². The summed E-state index contributed by atoms with van der Waals surface area (Å²) in [5.41, 5.74) is 0.920. The maximum absolute atomic E-state index is 13.0. The average molecular weight is 728 g/mol. The summed E-state index contributed by atoms with van der Waals surface area (Å²) >= 11 is 0. The predicted molar refractivity (Wildman–Crippen MR) is 193 cm³/mol. The van der Waals surface area contributed by atoms with Crippen molar-refractivity contribution in [1.82, 2.24) is 0 Å². The molecule has 0 aromatic heterocycles. The van der Waals surface area contributed by atoms with Crippen LogP contribution in [0.5, 0.6) is 34.5 Å². The molecule has 13 heteroatoms. The normalized spacial score (nSPS) is 10.6. The average Bonchev–Trinajstić information content (AvgIpc) is 3.17. The summed E-state index contributed by atoms with van der Waals surface area (Å²) < 4.78 is 43.2. The van der Waals surface area contributed by atoms with Crippen LogP contribution in [0, 0.1) is 18.3 Å². The zero-order valence-corrected chi connectivity index (χ0v) is 29.8. The summed E-state index contributed by atoms with van der Waals surface area (Å²) in [5, 5.41) is 9.72. The Bertz CT molecular complexity index is 1860. The monoisotopic (exact) mass is 727 g/mol. The van der Waals surface area contributed by atoms with Crippen LogP contribution < -0.4 is 28.4 Å².